The zero-order valence-corrected chi connectivity index (χ0v) is 8.04. The lowest BCUT2D eigenvalue weighted by atomic mass is 10.1. The Morgan fingerprint density at radius 3 is 2.85 bits per heavy atom. The van der Waals surface area contributed by atoms with Crippen molar-refractivity contribution in [2.45, 2.75) is 25.4 Å². The first-order chi connectivity index (χ1) is 6.36. The van der Waals surface area contributed by atoms with Crippen LogP contribution in [-0.4, -0.2) is 37.5 Å². The molecule has 1 aliphatic carbocycles. The van der Waals surface area contributed by atoms with E-state index < -0.39 is 0 Å². The number of aliphatic hydroxyl groups excluding tert-OH is 1. The Kier molecular flexibility index (Phi) is 3.19. The lowest BCUT2D eigenvalue weighted by Crippen LogP contribution is -2.32. The van der Waals surface area contributed by atoms with Crippen molar-refractivity contribution in [3.8, 4) is 0 Å². The number of rotatable bonds is 5. The van der Waals surface area contributed by atoms with Gasteiger partial charge in [-0.1, -0.05) is 0 Å². The molecule has 0 spiro atoms. The molecular weight excluding hydrogens is 166 g/mol. The Labute approximate surface area is 79.5 Å². The third-order valence-electron chi connectivity index (χ3n) is 2.98. The van der Waals surface area contributed by atoms with Crippen LogP contribution >= 0.6 is 0 Å². The number of aliphatic hydroxyl groups is 1. The summed E-state index contributed by atoms with van der Waals surface area (Å²) in [7, 11) is 0. The minimum absolute atomic E-state index is 0.109. The predicted molar refractivity (Wildman–Crippen MR) is 50.5 cm³/mol. The van der Waals surface area contributed by atoms with Crippen molar-refractivity contribution >= 4 is 0 Å². The smallest absolute Gasteiger partial charge is 0.0692 e. The number of nitrogens with one attached hydrogen (secondary N) is 1. The summed E-state index contributed by atoms with van der Waals surface area (Å²) in [4.78, 5) is 0. The summed E-state index contributed by atoms with van der Waals surface area (Å²) < 4.78 is 5.27. The molecule has 0 amide bonds. The molecular formula is C10H19NO2. The fourth-order valence-corrected chi connectivity index (χ4v) is 1.83. The molecule has 76 valence electrons. The summed E-state index contributed by atoms with van der Waals surface area (Å²) in [6, 6.07) is 0. The average Bonchev–Trinajstić information content (AvgIpc) is 2.86. The van der Waals surface area contributed by atoms with Crippen LogP contribution in [0.25, 0.3) is 0 Å². The van der Waals surface area contributed by atoms with Gasteiger partial charge in [-0.25, -0.2) is 0 Å². The van der Waals surface area contributed by atoms with Crippen molar-refractivity contribution in [1.82, 2.24) is 5.32 Å². The van der Waals surface area contributed by atoms with E-state index in [2.05, 4.69) is 5.32 Å². The number of hydrogen-bond donors (Lipinski definition) is 2. The van der Waals surface area contributed by atoms with Crippen molar-refractivity contribution in [3.63, 3.8) is 0 Å². The fourth-order valence-electron chi connectivity index (χ4n) is 1.83. The molecule has 0 aromatic rings. The molecule has 1 aliphatic heterocycles. The zero-order chi connectivity index (χ0) is 9.10. The molecule has 0 aromatic carbocycles. The molecule has 2 rings (SSSR count). The van der Waals surface area contributed by atoms with Crippen LogP contribution in [0.2, 0.25) is 0 Å². The minimum Gasteiger partial charge on any atom is -0.392 e. The Morgan fingerprint density at radius 1 is 1.38 bits per heavy atom. The summed E-state index contributed by atoms with van der Waals surface area (Å²) in [5.74, 6) is 1.26. The van der Waals surface area contributed by atoms with Gasteiger partial charge < -0.3 is 15.2 Å². The van der Waals surface area contributed by atoms with E-state index in [-0.39, 0.29) is 6.10 Å². The fraction of sp³-hybridized carbons (Fsp3) is 1.00. The molecule has 2 N–H and O–H groups in total. The monoisotopic (exact) mass is 185 g/mol. The van der Waals surface area contributed by atoms with Crippen LogP contribution in [0.3, 0.4) is 0 Å². The molecule has 3 heteroatoms. The predicted octanol–water partition coefficient (Wildman–Crippen LogP) is 0.383. The summed E-state index contributed by atoms with van der Waals surface area (Å²) in [6.07, 6.45) is 3.50. The molecule has 2 aliphatic rings. The molecule has 2 atom stereocenters. The van der Waals surface area contributed by atoms with Gasteiger partial charge in [-0.2, -0.15) is 0 Å². The highest BCUT2D eigenvalue weighted by Crippen LogP contribution is 2.32. The van der Waals surface area contributed by atoms with E-state index in [1.54, 1.807) is 0 Å². The van der Waals surface area contributed by atoms with Gasteiger partial charge in [0.2, 0.25) is 0 Å². The average molecular weight is 185 g/mol. The third-order valence-corrected chi connectivity index (χ3v) is 2.98. The molecule has 3 nitrogen and oxygen atoms in total. The Morgan fingerprint density at radius 2 is 2.23 bits per heavy atom. The van der Waals surface area contributed by atoms with Gasteiger partial charge in [0, 0.05) is 19.7 Å². The third kappa shape index (κ3) is 2.93. The van der Waals surface area contributed by atoms with Gasteiger partial charge in [0.25, 0.3) is 0 Å². The van der Waals surface area contributed by atoms with Crippen LogP contribution in [0.4, 0.5) is 0 Å². The van der Waals surface area contributed by atoms with Crippen LogP contribution < -0.4 is 5.32 Å². The Hall–Kier alpha value is -0.120. The van der Waals surface area contributed by atoms with Gasteiger partial charge in [-0.3, -0.25) is 0 Å². The number of hydrogen-bond acceptors (Lipinski definition) is 3. The first-order valence-corrected chi connectivity index (χ1v) is 5.33. The van der Waals surface area contributed by atoms with Gasteiger partial charge in [0.1, 0.15) is 0 Å². The van der Waals surface area contributed by atoms with Crippen molar-refractivity contribution in [1.29, 1.82) is 0 Å². The molecule has 0 radical (unpaired) electrons. The second-order valence-corrected chi connectivity index (χ2v) is 4.29. The van der Waals surface area contributed by atoms with Crippen molar-refractivity contribution in [2.24, 2.45) is 11.8 Å². The molecule has 0 bridgehead atoms. The molecule has 1 heterocycles. The SMILES string of the molecule is OC(CNCC1CCOC1)C1CC1. The van der Waals surface area contributed by atoms with E-state index in [1.807, 2.05) is 0 Å². The summed E-state index contributed by atoms with van der Waals surface area (Å²) >= 11 is 0. The molecule has 0 aromatic heterocycles. The summed E-state index contributed by atoms with van der Waals surface area (Å²) in [6.45, 7) is 3.58. The van der Waals surface area contributed by atoms with Crippen LogP contribution in [0, 0.1) is 11.8 Å². The molecule has 1 saturated heterocycles. The van der Waals surface area contributed by atoms with E-state index >= 15 is 0 Å². The maximum absolute atomic E-state index is 9.57. The topological polar surface area (TPSA) is 41.5 Å². The summed E-state index contributed by atoms with van der Waals surface area (Å²) in [5, 5.41) is 12.9. The highest BCUT2D eigenvalue weighted by atomic mass is 16.5. The van der Waals surface area contributed by atoms with Crippen molar-refractivity contribution in [2.75, 3.05) is 26.3 Å². The minimum atomic E-state index is -0.109. The van der Waals surface area contributed by atoms with E-state index in [1.165, 1.54) is 19.3 Å². The quantitative estimate of drug-likeness (QED) is 0.651. The van der Waals surface area contributed by atoms with Crippen LogP contribution in [-0.2, 0) is 4.74 Å². The van der Waals surface area contributed by atoms with E-state index in [4.69, 9.17) is 4.74 Å². The molecule has 2 unspecified atom stereocenters. The van der Waals surface area contributed by atoms with E-state index in [0.717, 1.165) is 26.3 Å². The second kappa shape index (κ2) is 4.40. The first-order valence-electron chi connectivity index (χ1n) is 5.33. The van der Waals surface area contributed by atoms with Crippen LogP contribution in [0.15, 0.2) is 0 Å². The lowest BCUT2D eigenvalue weighted by molar-refractivity contribution is 0.145. The van der Waals surface area contributed by atoms with Gasteiger partial charge in [-0.05, 0) is 31.1 Å². The first kappa shape index (κ1) is 9.44. The zero-order valence-electron chi connectivity index (χ0n) is 8.04. The lowest BCUT2D eigenvalue weighted by Gasteiger charge is -2.12. The van der Waals surface area contributed by atoms with E-state index in [9.17, 15) is 5.11 Å². The van der Waals surface area contributed by atoms with E-state index in [0.29, 0.717) is 11.8 Å². The van der Waals surface area contributed by atoms with Crippen molar-refractivity contribution in [3.05, 3.63) is 0 Å². The Balaban J connectivity index is 1.52. The van der Waals surface area contributed by atoms with Gasteiger partial charge in [0.05, 0.1) is 12.7 Å². The maximum atomic E-state index is 9.57. The van der Waals surface area contributed by atoms with Crippen LogP contribution in [0.5, 0.6) is 0 Å². The van der Waals surface area contributed by atoms with Crippen molar-refractivity contribution < 1.29 is 9.84 Å². The standard InChI is InChI=1S/C10H19NO2/c12-10(9-1-2-9)6-11-5-8-3-4-13-7-8/h8-12H,1-7H2. The van der Waals surface area contributed by atoms with Gasteiger partial charge in [0.15, 0.2) is 0 Å². The Bertz CT molecular complexity index is 151. The molecule has 1 saturated carbocycles. The van der Waals surface area contributed by atoms with Gasteiger partial charge in [-0.15, -0.1) is 0 Å². The summed E-state index contributed by atoms with van der Waals surface area (Å²) in [5.41, 5.74) is 0. The second-order valence-electron chi connectivity index (χ2n) is 4.29. The molecule has 2 fully saturated rings. The van der Waals surface area contributed by atoms with Gasteiger partial charge >= 0.3 is 0 Å². The maximum Gasteiger partial charge on any atom is 0.0692 e. The van der Waals surface area contributed by atoms with Crippen LogP contribution in [0.1, 0.15) is 19.3 Å². The number of ether oxygens (including phenoxy) is 1. The largest absolute Gasteiger partial charge is 0.392 e. The normalized spacial score (nSPS) is 30.7. The molecule has 13 heavy (non-hydrogen) atoms. The highest BCUT2D eigenvalue weighted by Gasteiger charge is 2.29. The highest BCUT2D eigenvalue weighted by molar-refractivity contribution is 4.82.